The Morgan fingerprint density at radius 1 is 1.42 bits per heavy atom. The van der Waals surface area contributed by atoms with Crippen LogP contribution in [-0.4, -0.2) is 10.7 Å². The number of nitrogens with two attached hydrogens (primary N) is 1. The third-order valence-corrected chi connectivity index (χ3v) is 2.14. The van der Waals surface area contributed by atoms with Crippen molar-refractivity contribution in [1.82, 2.24) is 0 Å². The molecule has 12 heavy (non-hydrogen) atoms. The van der Waals surface area contributed by atoms with Crippen molar-refractivity contribution in [1.29, 1.82) is 0 Å². The molecular weight excluding hydrogens is 150 g/mol. The lowest BCUT2D eigenvalue weighted by Crippen LogP contribution is -2.18. The van der Waals surface area contributed by atoms with Crippen LogP contribution >= 0.6 is 0 Å². The SMILES string of the molecule is CC1=C(C)C(N)=CC(C)(O)C=C1. The maximum absolute atomic E-state index is 9.69. The highest BCUT2D eigenvalue weighted by Crippen LogP contribution is 2.21. The molecule has 66 valence electrons. The Morgan fingerprint density at radius 3 is 2.58 bits per heavy atom. The molecule has 2 heteroatoms. The summed E-state index contributed by atoms with van der Waals surface area (Å²) in [5.74, 6) is 0. The zero-order valence-electron chi connectivity index (χ0n) is 7.76. The van der Waals surface area contributed by atoms with Crippen LogP contribution < -0.4 is 5.73 Å². The van der Waals surface area contributed by atoms with Gasteiger partial charge in [0.15, 0.2) is 0 Å². The van der Waals surface area contributed by atoms with Crippen molar-refractivity contribution in [3.8, 4) is 0 Å². The fourth-order valence-corrected chi connectivity index (χ4v) is 1.12. The van der Waals surface area contributed by atoms with Gasteiger partial charge in [0.1, 0.15) is 5.60 Å². The van der Waals surface area contributed by atoms with Crippen LogP contribution in [0.3, 0.4) is 0 Å². The largest absolute Gasteiger partial charge is 0.399 e. The Balaban J connectivity index is 3.16. The van der Waals surface area contributed by atoms with Gasteiger partial charge >= 0.3 is 0 Å². The summed E-state index contributed by atoms with van der Waals surface area (Å²) in [5.41, 5.74) is 7.62. The van der Waals surface area contributed by atoms with Gasteiger partial charge in [-0.3, -0.25) is 0 Å². The van der Waals surface area contributed by atoms with E-state index in [2.05, 4.69) is 0 Å². The van der Waals surface area contributed by atoms with Crippen molar-refractivity contribution < 1.29 is 5.11 Å². The first-order valence-electron chi connectivity index (χ1n) is 4.00. The number of rotatable bonds is 0. The number of hydrogen-bond donors (Lipinski definition) is 2. The molecule has 0 aromatic carbocycles. The van der Waals surface area contributed by atoms with Crippen molar-refractivity contribution in [2.45, 2.75) is 26.4 Å². The molecule has 0 radical (unpaired) electrons. The average molecular weight is 165 g/mol. The van der Waals surface area contributed by atoms with Gasteiger partial charge in [0.2, 0.25) is 0 Å². The van der Waals surface area contributed by atoms with E-state index in [4.69, 9.17) is 5.73 Å². The Morgan fingerprint density at radius 2 is 2.00 bits per heavy atom. The van der Waals surface area contributed by atoms with Crippen LogP contribution in [0.15, 0.2) is 35.1 Å². The minimum absolute atomic E-state index is 0.655. The third kappa shape index (κ3) is 1.77. The van der Waals surface area contributed by atoms with Crippen LogP contribution in [0.2, 0.25) is 0 Å². The number of aliphatic hydroxyl groups is 1. The van der Waals surface area contributed by atoms with E-state index in [0.29, 0.717) is 5.70 Å². The zero-order valence-corrected chi connectivity index (χ0v) is 7.76. The van der Waals surface area contributed by atoms with Crippen LogP contribution in [0.25, 0.3) is 0 Å². The van der Waals surface area contributed by atoms with Crippen molar-refractivity contribution in [3.05, 3.63) is 35.1 Å². The van der Waals surface area contributed by atoms with Crippen LogP contribution in [0.1, 0.15) is 20.8 Å². The van der Waals surface area contributed by atoms with Gasteiger partial charge in [0.05, 0.1) is 0 Å². The van der Waals surface area contributed by atoms with Crippen LogP contribution in [-0.2, 0) is 0 Å². The fourth-order valence-electron chi connectivity index (χ4n) is 1.12. The monoisotopic (exact) mass is 165 g/mol. The normalized spacial score (nSPS) is 30.2. The Labute approximate surface area is 73.1 Å². The maximum Gasteiger partial charge on any atom is 0.101 e. The van der Waals surface area contributed by atoms with Crippen molar-refractivity contribution in [2.24, 2.45) is 5.73 Å². The minimum atomic E-state index is -0.914. The summed E-state index contributed by atoms with van der Waals surface area (Å²) in [7, 11) is 0. The first-order valence-corrected chi connectivity index (χ1v) is 4.00. The van der Waals surface area contributed by atoms with Crippen LogP contribution in [0.5, 0.6) is 0 Å². The predicted octanol–water partition coefficient (Wildman–Crippen LogP) is 1.49. The minimum Gasteiger partial charge on any atom is -0.399 e. The van der Waals surface area contributed by atoms with E-state index < -0.39 is 5.60 Å². The second-order valence-corrected chi connectivity index (χ2v) is 3.47. The first-order chi connectivity index (χ1) is 5.42. The van der Waals surface area contributed by atoms with Crippen molar-refractivity contribution >= 4 is 0 Å². The lowest BCUT2D eigenvalue weighted by Gasteiger charge is -2.12. The van der Waals surface area contributed by atoms with E-state index in [9.17, 15) is 5.11 Å². The molecule has 0 bridgehead atoms. The quantitative estimate of drug-likeness (QED) is 0.571. The molecule has 0 amide bonds. The average Bonchev–Trinajstić information content (AvgIpc) is 2.03. The summed E-state index contributed by atoms with van der Waals surface area (Å²) < 4.78 is 0. The zero-order chi connectivity index (χ0) is 9.35. The van der Waals surface area contributed by atoms with E-state index in [1.165, 1.54) is 0 Å². The van der Waals surface area contributed by atoms with Crippen LogP contribution in [0, 0.1) is 0 Å². The van der Waals surface area contributed by atoms with Crippen molar-refractivity contribution in [3.63, 3.8) is 0 Å². The van der Waals surface area contributed by atoms with Gasteiger partial charge < -0.3 is 10.8 Å². The molecule has 1 aliphatic carbocycles. The van der Waals surface area contributed by atoms with Crippen molar-refractivity contribution in [2.75, 3.05) is 0 Å². The van der Waals surface area contributed by atoms with Gasteiger partial charge in [-0.2, -0.15) is 0 Å². The number of hydrogen-bond acceptors (Lipinski definition) is 2. The molecule has 0 fully saturated rings. The van der Waals surface area contributed by atoms with Gasteiger partial charge in [-0.05, 0) is 44.1 Å². The molecule has 0 aliphatic heterocycles. The molecular formula is C10H15NO. The van der Waals surface area contributed by atoms with E-state index in [0.717, 1.165) is 11.1 Å². The summed E-state index contributed by atoms with van der Waals surface area (Å²) >= 11 is 0. The first kappa shape index (κ1) is 9.07. The lowest BCUT2D eigenvalue weighted by atomic mass is 10.1. The topological polar surface area (TPSA) is 46.2 Å². The standard InChI is InChI=1S/C10H15NO/c1-7-4-5-10(3,12)6-9(11)8(7)2/h4-6,12H,11H2,1-3H3. The Bertz CT molecular complexity index is 282. The number of allylic oxidation sites excluding steroid dienone is 3. The molecule has 0 heterocycles. The van der Waals surface area contributed by atoms with E-state index >= 15 is 0 Å². The van der Waals surface area contributed by atoms with Gasteiger partial charge in [-0.1, -0.05) is 6.08 Å². The molecule has 0 aromatic heterocycles. The van der Waals surface area contributed by atoms with Gasteiger partial charge in [-0.15, -0.1) is 0 Å². The van der Waals surface area contributed by atoms with Gasteiger partial charge in [0.25, 0.3) is 0 Å². The molecule has 1 unspecified atom stereocenters. The fraction of sp³-hybridized carbons (Fsp3) is 0.400. The van der Waals surface area contributed by atoms with E-state index in [1.54, 1.807) is 19.1 Å². The molecule has 0 saturated heterocycles. The smallest absolute Gasteiger partial charge is 0.101 e. The highest BCUT2D eigenvalue weighted by molar-refractivity contribution is 5.41. The maximum atomic E-state index is 9.69. The van der Waals surface area contributed by atoms with E-state index in [-0.39, 0.29) is 0 Å². The second-order valence-electron chi connectivity index (χ2n) is 3.47. The molecule has 0 aromatic rings. The second kappa shape index (κ2) is 2.79. The molecule has 0 saturated carbocycles. The molecule has 1 atom stereocenters. The van der Waals surface area contributed by atoms with Gasteiger partial charge in [0, 0.05) is 5.70 Å². The summed E-state index contributed by atoms with van der Waals surface area (Å²) in [6, 6.07) is 0. The summed E-state index contributed by atoms with van der Waals surface area (Å²) in [6.45, 7) is 5.64. The highest BCUT2D eigenvalue weighted by atomic mass is 16.3. The van der Waals surface area contributed by atoms with E-state index in [1.807, 2.05) is 19.9 Å². The highest BCUT2D eigenvalue weighted by Gasteiger charge is 2.16. The lowest BCUT2D eigenvalue weighted by molar-refractivity contribution is 0.163. The molecule has 1 rings (SSSR count). The summed E-state index contributed by atoms with van der Waals surface area (Å²) in [6.07, 6.45) is 5.30. The third-order valence-electron chi connectivity index (χ3n) is 2.14. The van der Waals surface area contributed by atoms with Crippen LogP contribution in [0.4, 0.5) is 0 Å². The predicted molar refractivity (Wildman–Crippen MR) is 50.4 cm³/mol. The summed E-state index contributed by atoms with van der Waals surface area (Å²) in [5, 5.41) is 9.69. The molecule has 1 aliphatic rings. The Kier molecular flexibility index (Phi) is 2.11. The van der Waals surface area contributed by atoms with Gasteiger partial charge in [-0.25, -0.2) is 0 Å². The summed E-state index contributed by atoms with van der Waals surface area (Å²) in [4.78, 5) is 0. The molecule has 3 N–H and O–H groups in total. The molecule has 2 nitrogen and oxygen atoms in total. The Hall–Kier alpha value is -1.02. The molecule has 0 spiro atoms.